The molecule has 0 aliphatic carbocycles. The van der Waals surface area contributed by atoms with Crippen LogP contribution < -0.4 is 14.5 Å². The summed E-state index contributed by atoms with van der Waals surface area (Å²) in [6.07, 6.45) is 1.92. The molecule has 0 bridgehead atoms. The molecule has 7 heteroatoms. The van der Waals surface area contributed by atoms with Gasteiger partial charge in [0.1, 0.15) is 5.82 Å². The molecule has 0 unspecified atom stereocenters. The van der Waals surface area contributed by atoms with Crippen LogP contribution in [-0.2, 0) is 26.5 Å². The van der Waals surface area contributed by atoms with E-state index in [9.17, 15) is 0 Å². The number of ether oxygens (including phenoxy) is 1. The molecule has 0 atom stereocenters. The Kier molecular flexibility index (Phi) is 11.3. The molecule has 0 saturated carbocycles. The van der Waals surface area contributed by atoms with Gasteiger partial charge in [0.05, 0.1) is 11.0 Å². The fourth-order valence-electron chi connectivity index (χ4n) is 10.5. The average molecular weight is 1090 g/mol. The van der Waals surface area contributed by atoms with Crippen LogP contribution in [0.5, 0.6) is 11.5 Å². The van der Waals surface area contributed by atoms with E-state index in [4.69, 9.17) is 9.72 Å². The number of aryl methyl sites for hydroxylation is 3. The molecule has 0 saturated heterocycles. The molecule has 0 amide bonds. The minimum atomic E-state index is -0.0787. The van der Waals surface area contributed by atoms with Crippen LogP contribution in [0.25, 0.3) is 66.5 Å². The van der Waals surface area contributed by atoms with Crippen molar-refractivity contribution in [1.82, 2.24) is 14.1 Å². The molecule has 346 valence electrons. The maximum absolute atomic E-state index is 6.87. The molecule has 11 aromatic rings. The standard InChI is InChI=1S/C63H50N5O.Pt/c1-41-35-42(2)60(43(3)36-41)66-40-65(61(44-19-10-7-11-20-44)62(66)45-21-12-8-13-22-45)48-25-18-26-49(38-48)69-50-29-30-52-56(39-50)68(57-37-46(33-34-64-57)63(4,5)6)55-32-31-54-58(59(52)55)51-27-16-17-28-53(51)67(54)47-23-14-9-15-24-47;/h7-37,40H,1-6H3;/q-3;. The molecule has 1 aliphatic rings. The SMILES string of the molecule is Cc1cc(C)c(N2[CH-]N(c3[c-]c(Oc4[c-]c5c(cc4)c4c6c7ccccc7n(-c7ccccc7)c6ccc4n5-c4cc(C(C)(C)C)ccn4)ccc3)C(c3ccccc3)=C2c2ccccc2)c(C)c1.[Pt]. The largest absolute Gasteiger partial charge is 0.509 e. The van der Waals surface area contributed by atoms with Gasteiger partial charge in [0, 0.05) is 77.8 Å². The summed E-state index contributed by atoms with van der Waals surface area (Å²) in [5, 5.41) is 4.60. The predicted molar refractivity (Wildman–Crippen MR) is 285 cm³/mol. The maximum atomic E-state index is 6.87. The van der Waals surface area contributed by atoms with E-state index >= 15 is 0 Å². The topological polar surface area (TPSA) is 38.5 Å². The van der Waals surface area contributed by atoms with Gasteiger partial charge in [0.2, 0.25) is 0 Å². The quantitative estimate of drug-likeness (QED) is 0.142. The van der Waals surface area contributed by atoms with E-state index in [0.29, 0.717) is 11.5 Å². The van der Waals surface area contributed by atoms with Gasteiger partial charge in [-0.1, -0.05) is 141 Å². The van der Waals surface area contributed by atoms with Crippen LogP contribution in [0.3, 0.4) is 0 Å². The Hall–Kier alpha value is -7.66. The minimum Gasteiger partial charge on any atom is -0.509 e. The van der Waals surface area contributed by atoms with Gasteiger partial charge >= 0.3 is 0 Å². The Morgan fingerprint density at radius 2 is 1.13 bits per heavy atom. The third-order valence-corrected chi connectivity index (χ3v) is 13.4. The fraction of sp³-hybridized carbons (Fsp3) is 0.111. The Morgan fingerprint density at radius 1 is 0.529 bits per heavy atom. The van der Waals surface area contributed by atoms with Crippen LogP contribution in [0.15, 0.2) is 188 Å². The smallest absolute Gasteiger partial charge is 0.135 e. The number of fused-ring (bicyclic) bond motifs is 7. The van der Waals surface area contributed by atoms with Gasteiger partial charge in [-0.2, -0.15) is 12.1 Å². The Balaban J connectivity index is 0.00000533. The first kappa shape index (κ1) is 44.8. The zero-order chi connectivity index (χ0) is 47.0. The summed E-state index contributed by atoms with van der Waals surface area (Å²) in [7, 11) is 0. The Labute approximate surface area is 424 Å². The fourth-order valence-corrected chi connectivity index (χ4v) is 10.5. The average Bonchev–Trinajstić information content (AvgIpc) is 4.02. The van der Waals surface area contributed by atoms with E-state index in [1.54, 1.807) is 0 Å². The van der Waals surface area contributed by atoms with Crippen LogP contribution in [0.2, 0.25) is 0 Å². The van der Waals surface area contributed by atoms with Crippen LogP contribution in [0.1, 0.15) is 54.2 Å². The molecule has 3 aromatic heterocycles. The molecule has 70 heavy (non-hydrogen) atoms. The van der Waals surface area contributed by atoms with E-state index < -0.39 is 0 Å². The molecular weight excluding hydrogens is 1040 g/mol. The van der Waals surface area contributed by atoms with Crippen LogP contribution in [0, 0.1) is 39.6 Å². The summed E-state index contributed by atoms with van der Waals surface area (Å²) < 4.78 is 11.5. The van der Waals surface area contributed by atoms with Crippen LogP contribution >= 0.6 is 0 Å². The summed E-state index contributed by atoms with van der Waals surface area (Å²) in [5.74, 6) is 1.99. The first-order chi connectivity index (χ1) is 33.6. The first-order valence-corrected chi connectivity index (χ1v) is 23.6. The molecule has 0 fully saturated rings. The number of benzene rings is 8. The van der Waals surface area contributed by atoms with Gasteiger partial charge in [-0.15, -0.1) is 48.1 Å². The van der Waals surface area contributed by atoms with E-state index in [1.165, 1.54) is 33.0 Å². The summed E-state index contributed by atoms with van der Waals surface area (Å²) in [6.45, 7) is 15.5. The molecule has 0 spiro atoms. The number of aromatic nitrogens is 3. The van der Waals surface area contributed by atoms with Gasteiger partial charge < -0.3 is 23.7 Å². The summed E-state index contributed by atoms with van der Waals surface area (Å²) in [5.41, 5.74) is 16.5. The zero-order valence-corrected chi connectivity index (χ0v) is 42.2. The van der Waals surface area contributed by atoms with E-state index in [2.05, 4.69) is 243 Å². The second kappa shape index (κ2) is 17.7. The van der Waals surface area contributed by atoms with Crippen molar-refractivity contribution in [2.45, 2.75) is 47.0 Å². The van der Waals surface area contributed by atoms with Gasteiger partial charge in [0.15, 0.2) is 0 Å². The number of hydrogen-bond acceptors (Lipinski definition) is 4. The molecule has 0 N–H and O–H groups in total. The van der Waals surface area contributed by atoms with Gasteiger partial charge in [0.25, 0.3) is 0 Å². The minimum absolute atomic E-state index is 0. The first-order valence-electron chi connectivity index (χ1n) is 23.6. The molecular formula is C63H50N5OPt-3. The van der Waals surface area contributed by atoms with Crippen molar-refractivity contribution in [3.8, 4) is 23.0 Å². The van der Waals surface area contributed by atoms with Crippen LogP contribution in [0.4, 0.5) is 11.4 Å². The summed E-state index contributed by atoms with van der Waals surface area (Å²) in [4.78, 5) is 9.63. The number of pyridine rings is 1. The molecule has 4 heterocycles. The van der Waals surface area contributed by atoms with Crippen molar-refractivity contribution < 1.29 is 25.8 Å². The maximum Gasteiger partial charge on any atom is 0.135 e. The van der Waals surface area contributed by atoms with E-state index in [0.717, 1.165) is 78.2 Å². The van der Waals surface area contributed by atoms with Gasteiger partial charge in [-0.25, -0.2) is 4.98 Å². The van der Waals surface area contributed by atoms with Crippen molar-refractivity contribution in [2.75, 3.05) is 9.80 Å². The van der Waals surface area contributed by atoms with Crippen molar-refractivity contribution in [3.05, 3.63) is 240 Å². The van der Waals surface area contributed by atoms with Crippen molar-refractivity contribution in [1.29, 1.82) is 0 Å². The van der Waals surface area contributed by atoms with E-state index in [-0.39, 0.29) is 26.5 Å². The van der Waals surface area contributed by atoms with Crippen LogP contribution in [-0.4, -0.2) is 14.1 Å². The Bertz CT molecular complexity index is 3790. The third kappa shape index (κ3) is 7.59. The van der Waals surface area contributed by atoms with Gasteiger partial charge in [-0.3, -0.25) is 0 Å². The molecule has 1 aliphatic heterocycles. The summed E-state index contributed by atoms with van der Waals surface area (Å²) in [6, 6.07) is 71.8. The molecule has 8 aromatic carbocycles. The normalized spacial score (nSPS) is 13.0. The van der Waals surface area contributed by atoms with Crippen molar-refractivity contribution in [2.24, 2.45) is 0 Å². The second-order valence-corrected chi connectivity index (χ2v) is 19.1. The number of nitrogens with zero attached hydrogens (tertiary/aromatic N) is 5. The van der Waals surface area contributed by atoms with Crippen molar-refractivity contribution in [3.63, 3.8) is 0 Å². The number of anilines is 2. The molecule has 12 rings (SSSR count). The molecule has 6 nitrogen and oxygen atoms in total. The number of rotatable bonds is 8. The second-order valence-electron chi connectivity index (χ2n) is 19.1. The zero-order valence-electron chi connectivity index (χ0n) is 39.9. The molecule has 0 radical (unpaired) electrons. The predicted octanol–water partition coefficient (Wildman–Crippen LogP) is 15.9. The number of para-hydroxylation sites is 2. The summed E-state index contributed by atoms with van der Waals surface area (Å²) >= 11 is 0. The number of hydrogen-bond donors (Lipinski definition) is 0. The monoisotopic (exact) mass is 1090 g/mol. The Morgan fingerprint density at radius 3 is 1.81 bits per heavy atom. The van der Waals surface area contributed by atoms with E-state index in [1.807, 2.05) is 24.4 Å². The van der Waals surface area contributed by atoms with Gasteiger partial charge in [-0.05, 0) is 102 Å². The third-order valence-electron chi connectivity index (χ3n) is 13.4. The van der Waals surface area contributed by atoms with Crippen molar-refractivity contribution >= 4 is 66.4 Å².